The van der Waals surface area contributed by atoms with Crippen LogP contribution in [0, 0.1) is 6.92 Å². The fourth-order valence-corrected chi connectivity index (χ4v) is 0.864. The Morgan fingerprint density at radius 2 is 1.57 bits per heavy atom. The van der Waals surface area contributed by atoms with Gasteiger partial charge in [-0.25, -0.2) is 0 Å². The van der Waals surface area contributed by atoms with Crippen LogP contribution in [0.25, 0.3) is 0 Å². The first-order valence-corrected chi connectivity index (χ1v) is 5.28. The van der Waals surface area contributed by atoms with Crippen LogP contribution in [0.2, 0.25) is 0 Å². The Kier molecular flexibility index (Phi) is 10.9. The molecule has 0 saturated heterocycles. The lowest BCUT2D eigenvalue weighted by molar-refractivity contribution is 0.101. The number of Topliss-reactive ketones (excluding diaryl/α,β-unsaturated/α-hetero) is 1. The molecule has 1 nitrogen and oxygen atoms in total. The number of rotatable bonds is 1. The second-order valence-electron chi connectivity index (χ2n) is 2.43. The van der Waals surface area contributed by atoms with Gasteiger partial charge in [-0.1, -0.05) is 51.5 Å². The minimum atomic E-state index is 0.128. The molecule has 0 bridgehead atoms. The van der Waals surface area contributed by atoms with E-state index >= 15 is 0 Å². The van der Waals surface area contributed by atoms with Crippen molar-refractivity contribution in [2.24, 2.45) is 0 Å². The highest BCUT2D eigenvalue weighted by atomic mass is 16.1. The second kappa shape index (κ2) is 9.97. The van der Waals surface area contributed by atoms with Gasteiger partial charge >= 0.3 is 0 Å². The predicted molar refractivity (Wildman–Crippen MR) is 63.9 cm³/mol. The molecule has 0 spiro atoms. The molecule has 0 aromatic heterocycles. The van der Waals surface area contributed by atoms with Gasteiger partial charge < -0.3 is 0 Å². The summed E-state index contributed by atoms with van der Waals surface area (Å²) < 4.78 is 0. The van der Waals surface area contributed by atoms with Crippen molar-refractivity contribution < 1.29 is 4.79 Å². The van der Waals surface area contributed by atoms with Crippen molar-refractivity contribution in [2.45, 2.75) is 41.5 Å². The minimum Gasteiger partial charge on any atom is -0.295 e. The van der Waals surface area contributed by atoms with Gasteiger partial charge in [0.05, 0.1) is 0 Å². The summed E-state index contributed by atoms with van der Waals surface area (Å²) in [5.74, 6) is 0.128. The SMILES string of the molecule is CC.CC.CC(=O)c1cccc(C)c1. The lowest BCUT2D eigenvalue weighted by Crippen LogP contribution is -1.90. The lowest BCUT2D eigenvalue weighted by atomic mass is 10.1. The first-order chi connectivity index (χ1) is 6.70. The van der Waals surface area contributed by atoms with Crippen molar-refractivity contribution in [1.29, 1.82) is 0 Å². The Hall–Kier alpha value is -1.11. The summed E-state index contributed by atoms with van der Waals surface area (Å²) in [4.78, 5) is 10.8. The summed E-state index contributed by atoms with van der Waals surface area (Å²) in [6.07, 6.45) is 0. The van der Waals surface area contributed by atoms with E-state index in [9.17, 15) is 4.79 Å². The molecule has 0 fully saturated rings. The van der Waals surface area contributed by atoms with Crippen LogP contribution in [0.4, 0.5) is 0 Å². The Bertz CT molecular complexity index is 251. The largest absolute Gasteiger partial charge is 0.295 e. The van der Waals surface area contributed by atoms with Gasteiger partial charge in [-0.2, -0.15) is 0 Å². The molecule has 0 amide bonds. The predicted octanol–water partition coefficient (Wildman–Crippen LogP) is 4.25. The highest BCUT2D eigenvalue weighted by molar-refractivity contribution is 5.94. The maximum atomic E-state index is 10.8. The molecule has 0 aliphatic heterocycles. The molecule has 80 valence electrons. The molecular formula is C13H22O. The fraction of sp³-hybridized carbons (Fsp3) is 0.462. The van der Waals surface area contributed by atoms with Crippen LogP contribution in [0.5, 0.6) is 0 Å². The van der Waals surface area contributed by atoms with Crippen molar-refractivity contribution in [3.8, 4) is 0 Å². The van der Waals surface area contributed by atoms with Gasteiger partial charge in [-0.05, 0) is 19.9 Å². The number of hydrogen-bond donors (Lipinski definition) is 0. The first-order valence-electron chi connectivity index (χ1n) is 5.28. The summed E-state index contributed by atoms with van der Waals surface area (Å²) in [7, 11) is 0. The Balaban J connectivity index is 0. The van der Waals surface area contributed by atoms with E-state index in [2.05, 4.69) is 0 Å². The van der Waals surface area contributed by atoms with Gasteiger partial charge in [0.2, 0.25) is 0 Å². The van der Waals surface area contributed by atoms with E-state index in [4.69, 9.17) is 0 Å². The first kappa shape index (κ1) is 15.4. The third-order valence-corrected chi connectivity index (χ3v) is 1.42. The second-order valence-corrected chi connectivity index (χ2v) is 2.43. The number of aryl methyl sites for hydroxylation is 1. The van der Waals surface area contributed by atoms with E-state index in [0.717, 1.165) is 11.1 Å². The Morgan fingerprint density at radius 3 is 1.86 bits per heavy atom. The van der Waals surface area contributed by atoms with E-state index in [1.165, 1.54) is 0 Å². The minimum absolute atomic E-state index is 0.128. The number of ketones is 1. The number of carbonyl (C=O) groups excluding carboxylic acids is 1. The molecule has 0 unspecified atom stereocenters. The average Bonchev–Trinajstić information content (AvgIpc) is 2.24. The molecule has 1 aromatic rings. The molecule has 1 heteroatoms. The molecule has 0 aliphatic carbocycles. The summed E-state index contributed by atoms with van der Waals surface area (Å²) in [5.41, 5.74) is 1.92. The summed E-state index contributed by atoms with van der Waals surface area (Å²) in [5, 5.41) is 0. The molecule has 0 N–H and O–H groups in total. The average molecular weight is 194 g/mol. The summed E-state index contributed by atoms with van der Waals surface area (Å²) in [6.45, 7) is 11.6. The number of hydrogen-bond acceptors (Lipinski definition) is 1. The van der Waals surface area contributed by atoms with E-state index in [1.54, 1.807) is 6.92 Å². The van der Waals surface area contributed by atoms with Crippen LogP contribution in [-0.2, 0) is 0 Å². The van der Waals surface area contributed by atoms with Crippen molar-refractivity contribution >= 4 is 5.78 Å². The summed E-state index contributed by atoms with van der Waals surface area (Å²) in [6, 6.07) is 7.59. The summed E-state index contributed by atoms with van der Waals surface area (Å²) >= 11 is 0. The normalized spacial score (nSPS) is 7.57. The molecule has 0 atom stereocenters. The highest BCUT2D eigenvalue weighted by Gasteiger charge is 1.95. The van der Waals surface area contributed by atoms with Gasteiger partial charge in [0, 0.05) is 5.56 Å². The van der Waals surface area contributed by atoms with E-state index in [1.807, 2.05) is 58.9 Å². The molecule has 0 saturated carbocycles. The van der Waals surface area contributed by atoms with Crippen molar-refractivity contribution in [1.82, 2.24) is 0 Å². The van der Waals surface area contributed by atoms with Gasteiger partial charge in [0.15, 0.2) is 5.78 Å². The van der Waals surface area contributed by atoms with Crippen LogP contribution in [0.3, 0.4) is 0 Å². The maximum absolute atomic E-state index is 10.8. The number of carbonyl (C=O) groups is 1. The number of benzene rings is 1. The molecule has 0 heterocycles. The van der Waals surface area contributed by atoms with Gasteiger partial charge in [-0.15, -0.1) is 0 Å². The highest BCUT2D eigenvalue weighted by Crippen LogP contribution is 2.03. The third kappa shape index (κ3) is 6.41. The van der Waals surface area contributed by atoms with Crippen molar-refractivity contribution in [3.63, 3.8) is 0 Å². The van der Waals surface area contributed by atoms with Crippen LogP contribution in [-0.4, -0.2) is 5.78 Å². The maximum Gasteiger partial charge on any atom is 0.159 e. The smallest absolute Gasteiger partial charge is 0.159 e. The topological polar surface area (TPSA) is 17.1 Å². The van der Waals surface area contributed by atoms with E-state index < -0.39 is 0 Å². The zero-order valence-electron chi connectivity index (χ0n) is 10.2. The molecule has 1 rings (SSSR count). The van der Waals surface area contributed by atoms with Crippen molar-refractivity contribution in [3.05, 3.63) is 35.4 Å². The van der Waals surface area contributed by atoms with Crippen LogP contribution in [0.1, 0.15) is 50.5 Å². The third-order valence-electron chi connectivity index (χ3n) is 1.42. The molecule has 0 radical (unpaired) electrons. The zero-order chi connectivity index (χ0) is 11.6. The Morgan fingerprint density at radius 1 is 1.07 bits per heavy atom. The van der Waals surface area contributed by atoms with Crippen LogP contribution in [0.15, 0.2) is 24.3 Å². The molecular weight excluding hydrogens is 172 g/mol. The zero-order valence-corrected chi connectivity index (χ0v) is 10.2. The quantitative estimate of drug-likeness (QED) is 0.611. The van der Waals surface area contributed by atoms with Crippen LogP contribution < -0.4 is 0 Å². The van der Waals surface area contributed by atoms with E-state index in [-0.39, 0.29) is 5.78 Å². The molecule has 1 aromatic carbocycles. The van der Waals surface area contributed by atoms with Gasteiger partial charge in [0.25, 0.3) is 0 Å². The fourth-order valence-electron chi connectivity index (χ4n) is 0.864. The van der Waals surface area contributed by atoms with Crippen LogP contribution >= 0.6 is 0 Å². The van der Waals surface area contributed by atoms with Crippen molar-refractivity contribution in [2.75, 3.05) is 0 Å². The molecule has 0 aliphatic rings. The molecule has 14 heavy (non-hydrogen) atoms. The standard InChI is InChI=1S/C9H10O.2C2H6/c1-7-4-3-5-9(6-7)8(2)10;2*1-2/h3-6H,1-2H3;2*1-2H3. The van der Waals surface area contributed by atoms with E-state index in [0.29, 0.717) is 0 Å². The Labute approximate surface area is 88.2 Å². The monoisotopic (exact) mass is 194 g/mol. The van der Waals surface area contributed by atoms with Gasteiger partial charge in [0.1, 0.15) is 0 Å². The lowest BCUT2D eigenvalue weighted by Gasteiger charge is -1.94. The van der Waals surface area contributed by atoms with Gasteiger partial charge in [-0.3, -0.25) is 4.79 Å².